The number of thiophene rings is 2. The van der Waals surface area contributed by atoms with Crippen molar-refractivity contribution < 1.29 is 27.8 Å². The van der Waals surface area contributed by atoms with Crippen LogP contribution in [0.25, 0.3) is 31.9 Å². The number of primary amides is 1. The van der Waals surface area contributed by atoms with Gasteiger partial charge in [0.2, 0.25) is 6.79 Å². The van der Waals surface area contributed by atoms with Crippen molar-refractivity contribution in [2.75, 3.05) is 12.1 Å². The highest BCUT2D eigenvalue weighted by Gasteiger charge is 2.26. The van der Waals surface area contributed by atoms with Crippen LogP contribution in [0.1, 0.15) is 37.2 Å². The number of alkyl halides is 2. The molecule has 0 radical (unpaired) electrons. The molecular formula is C25H17F2N5O4S2. The number of carbonyl (C=O) groups is 2. The van der Waals surface area contributed by atoms with Crippen molar-refractivity contribution in [3.05, 3.63) is 63.6 Å². The Morgan fingerprint density at radius 2 is 1.92 bits per heavy atom. The predicted octanol–water partition coefficient (Wildman–Crippen LogP) is 5.74. The van der Waals surface area contributed by atoms with Gasteiger partial charge in [-0.15, -0.1) is 22.7 Å². The molecule has 38 heavy (non-hydrogen) atoms. The van der Waals surface area contributed by atoms with Crippen LogP contribution in [0.15, 0.2) is 42.5 Å². The molecule has 0 atom stereocenters. The van der Waals surface area contributed by atoms with E-state index in [-0.39, 0.29) is 27.9 Å². The van der Waals surface area contributed by atoms with Crippen LogP contribution in [0.3, 0.4) is 0 Å². The molecule has 0 fully saturated rings. The Morgan fingerprint density at radius 3 is 2.66 bits per heavy atom. The van der Waals surface area contributed by atoms with Gasteiger partial charge < -0.3 is 20.5 Å². The standard InChI is InChI=1S/C25H17F2N5O4S2/c1-10-2-5-18(37-10)12-7-14(22(26)27)29-25-19(12)20(21(38-25)23(28)33)30-24(34)15-8-13(31-32-15)11-3-4-16-17(6-11)36-9-35-16/h2-8,22H,9H2,1H3,(H2,28,33)(H,30,34)(H,31,32). The summed E-state index contributed by atoms with van der Waals surface area (Å²) in [5.74, 6) is -0.232. The minimum Gasteiger partial charge on any atom is -0.454 e. The summed E-state index contributed by atoms with van der Waals surface area (Å²) >= 11 is 2.24. The minimum atomic E-state index is -2.82. The summed E-state index contributed by atoms with van der Waals surface area (Å²) in [6.45, 7) is 2.02. The largest absolute Gasteiger partial charge is 0.454 e. The number of hydrogen-bond donors (Lipinski definition) is 3. The van der Waals surface area contributed by atoms with Crippen LogP contribution in [0.4, 0.5) is 14.5 Å². The van der Waals surface area contributed by atoms with E-state index in [1.807, 2.05) is 13.0 Å². The van der Waals surface area contributed by atoms with Crippen molar-refractivity contribution in [2.24, 2.45) is 5.73 Å². The molecule has 5 aromatic rings. The van der Waals surface area contributed by atoms with Gasteiger partial charge in [0.15, 0.2) is 11.5 Å². The first-order chi connectivity index (χ1) is 18.3. The molecule has 1 aliphatic rings. The molecule has 2 amide bonds. The zero-order chi connectivity index (χ0) is 26.6. The molecule has 6 rings (SSSR count). The molecule has 9 nitrogen and oxygen atoms in total. The molecule has 0 saturated heterocycles. The number of carbonyl (C=O) groups excluding carboxylic acids is 2. The quantitative estimate of drug-likeness (QED) is 0.246. The highest BCUT2D eigenvalue weighted by molar-refractivity contribution is 7.21. The molecular weight excluding hydrogens is 536 g/mol. The smallest absolute Gasteiger partial charge is 0.280 e. The first-order valence-electron chi connectivity index (χ1n) is 11.2. The van der Waals surface area contributed by atoms with Crippen LogP contribution >= 0.6 is 22.7 Å². The summed E-state index contributed by atoms with van der Waals surface area (Å²) in [7, 11) is 0. The maximum Gasteiger partial charge on any atom is 0.280 e. The third kappa shape index (κ3) is 4.15. The maximum atomic E-state index is 13.7. The van der Waals surface area contributed by atoms with Crippen LogP contribution in [-0.4, -0.2) is 33.8 Å². The molecule has 4 N–H and O–H groups in total. The molecule has 0 saturated carbocycles. The number of anilines is 1. The van der Waals surface area contributed by atoms with Crippen molar-refractivity contribution >= 4 is 50.4 Å². The van der Waals surface area contributed by atoms with Gasteiger partial charge in [0.1, 0.15) is 21.1 Å². The topological polar surface area (TPSA) is 132 Å². The summed E-state index contributed by atoms with van der Waals surface area (Å²) in [4.78, 5) is 31.5. The Labute approximate surface area is 221 Å². The number of aromatic nitrogens is 3. The van der Waals surface area contributed by atoms with E-state index in [0.29, 0.717) is 38.6 Å². The molecule has 0 aliphatic carbocycles. The van der Waals surface area contributed by atoms with E-state index >= 15 is 0 Å². The van der Waals surface area contributed by atoms with E-state index in [9.17, 15) is 18.4 Å². The number of nitrogens with two attached hydrogens (primary N) is 1. The molecule has 1 aromatic carbocycles. The first kappa shape index (κ1) is 24.0. The number of benzene rings is 1. The predicted molar refractivity (Wildman–Crippen MR) is 139 cm³/mol. The van der Waals surface area contributed by atoms with Crippen molar-refractivity contribution in [3.8, 4) is 33.2 Å². The van der Waals surface area contributed by atoms with Crippen LogP contribution < -0.4 is 20.5 Å². The number of pyridine rings is 1. The van der Waals surface area contributed by atoms with Gasteiger partial charge in [-0.2, -0.15) is 5.10 Å². The lowest BCUT2D eigenvalue weighted by atomic mass is 10.1. The lowest BCUT2D eigenvalue weighted by molar-refractivity contribution is 0.100. The number of aromatic amines is 1. The Bertz CT molecular complexity index is 1740. The second kappa shape index (κ2) is 9.19. The summed E-state index contributed by atoms with van der Waals surface area (Å²) < 4.78 is 38.1. The number of halogens is 2. The molecule has 5 heterocycles. The number of amides is 2. The van der Waals surface area contributed by atoms with Crippen LogP contribution in [0, 0.1) is 6.92 Å². The Hall–Kier alpha value is -4.36. The van der Waals surface area contributed by atoms with Crippen molar-refractivity contribution in [2.45, 2.75) is 13.3 Å². The fourth-order valence-corrected chi connectivity index (χ4v) is 6.02. The summed E-state index contributed by atoms with van der Waals surface area (Å²) in [6.07, 6.45) is -2.82. The van der Waals surface area contributed by atoms with Gasteiger partial charge in [0.05, 0.1) is 11.4 Å². The van der Waals surface area contributed by atoms with Crippen LogP contribution in [0.2, 0.25) is 0 Å². The van der Waals surface area contributed by atoms with Gasteiger partial charge >= 0.3 is 0 Å². The van der Waals surface area contributed by atoms with Gasteiger partial charge in [-0.3, -0.25) is 14.7 Å². The van der Waals surface area contributed by atoms with E-state index in [1.54, 1.807) is 30.3 Å². The fraction of sp³-hybridized carbons (Fsp3) is 0.120. The van der Waals surface area contributed by atoms with Crippen LogP contribution in [0.5, 0.6) is 11.5 Å². The average Bonchev–Trinajstić information content (AvgIpc) is 3.68. The van der Waals surface area contributed by atoms with Gasteiger partial charge in [0, 0.05) is 26.3 Å². The number of fused-ring (bicyclic) bond motifs is 2. The Kier molecular flexibility index (Phi) is 5.80. The molecule has 1 aliphatic heterocycles. The summed E-state index contributed by atoms with van der Waals surface area (Å²) in [5.41, 5.74) is 7.00. The molecule has 0 unspecified atom stereocenters. The zero-order valence-electron chi connectivity index (χ0n) is 19.5. The molecule has 0 spiro atoms. The van der Waals surface area contributed by atoms with E-state index in [4.69, 9.17) is 15.2 Å². The van der Waals surface area contributed by atoms with Gasteiger partial charge in [-0.25, -0.2) is 13.8 Å². The second-order valence-electron chi connectivity index (χ2n) is 8.35. The minimum absolute atomic E-state index is 0.00250. The number of ether oxygens (including phenoxy) is 2. The number of H-pyrrole nitrogens is 1. The number of nitrogens with zero attached hydrogens (tertiary/aromatic N) is 2. The van der Waals surface area contributed by atoms with Crippen molar-refractivity contribution in [3.63, 3.8) is 0 Å². The number of nitrogens with one attached hydrogen (secondary N) is 2. The number of rotatable bonds is 6. The van der Waals surface area contributed by atoms with Gasteiger partial charge in [-0.05, 0) is 49.4 Å². The van der Waals surface area contributed by atoms with Gasteiger partial charge in [0.25, 0.3) is 18.2 Å². The van der Waals surface area contributed by atoms with E-state index in [0.717, 1.165) is 16.2 Å². The Morgan fingerprint density at radius 1 is 1.11 bits per heavy atom. The highest BCUT2D eigenvalue weighted by atomic mass is 32.1. The highest BCUT2D eigenvalue weighted by Crippen LogP contribution is 2.44. The summed E-state index contributed by atoms with van der Waals surface area (Å²) in [5, 5.41) is 10.0. The average molecular weight is 554 g/mol. The molecule has 192 valence electrons. The number of aryl methyl sites for hydroxylation is 1. The van der Waals surface area contributed by atoms with Crippen molar-refractivity contribution in [1.29, 1.82) is 0 Å². The SMILES string of the molecule is Cc1ccc(-c2cc(C(F)F)nc3sc(C(N)=O)c(NC(=O)c4cc(-c5ccc6c(c5)OCO6)n[nH]4)c23)s1. The molecule has 0 bridgehead atoms. The monoisotopic (exact) mass is 553 g/mol. The Balaban J connectivity index is 1.41. The van der Waals surface area contributed by atoms with E-state index in [2.05, 4.69) is 20.5 Å². The third-order valence-corrected chi connectivity index (χ3v) is 8.00. The maximum absolute atomic E-state index is 13.7. The first-order valence-corrected chi connectivity index (χ1v) is 12.8. The van der Waals surface area contributed by atoms with Crippen molar-refractivity contribution in [1.82, 2.24) is 15.2 Å². The third-order valence-electron chi connectivity index (χ3n) is 5.86. The normalized spacial score (nSPS) is 12.4. The van der Waals surface area contributed by atoms with E-state index in [1.165, 1.54) is 17.4 Å². The zero-order valence-corrected chi connectivity index (χ0v) is 21.1. The lowest BCUT2D eigenvalue weighted by Gasteiger charge is -2.09. The van der Waals surface area contributed by atoms with Gasteiger partial charge in [-0.1, -0.05) is 0 Å². The lowest BCUT2D eigenvalue weighted by Crippen LogP contribution is -2.17. The van der Waals surface area contributed by atoms with Crippen LogP contribution in [-0.2, 0) is 0 Å². The molecule has 13 heteroatoms. The fourth-order valence-electron chi connectivity index (χ4n) is 4.12. The second-order valence-corrected chi connectivity index (χ2v) is 10.6. The summed E-state index contributed by atoms with van der Waals surface area (Å²) in [6, 6.07) is 11.8. The molecule has 4 aromatic heterocycles. The number of hydrogen-bond acceptors (Lipinski definition) is 8. The van der Waals surface area contributed by atoms with E-state index < -0.39 is 23.9 Å².